The minimum atomic E-state index is -0.967. The molecule has 0 saturated carbocycles. The minimum Gasteiger partial charge on any atom is -0.465 e. The van der Waals surface area contributed by atoms with Gasteiger partial charge in [0.15, 0.2) is 0 Å². The number of methoxy groups -OCH3 is 1. The zero-order valence-corrected chi connectivity index (χ0v) is 11.0. The van der Waals surface area contributed by atoms with E-state index in [1.807, 2.05) is 0 Å². The van der Waals surface area contributed by atoms with E-state index in [9.17, 15) is 13.4 Å². The second-order valence-electron chi connectivity index (χ2n) is 3.61. The maximum Gasteiger partial charge on any atom is 0.340 e. The number of carbonyl (C=O) groups is 1. The highest BCUT2D eigenvalue weighted by Crippen LogP contribution is 2.22. The topological polar surface area (TPSA) is 81.4 Å². The molecule has 3 N–H and O–H groups in total. The summed E-state index contributed by atoms with van der Waals surface area (Å²) in [5, 5.41) is 2.76. The normalized spacial score (nSPS) is 11.9. The monoisotopic (exact) mass is 274 g/mol. The molecule has 1 atom stereocenters. The summed E-state index contributed by atoms with van der Waals surface area (Å²) in [4.78, 5) is 11.4. The molecule has 100 valence electrons. The van der Waals surface area contributed by atoms with Gasteiger partial charge in [-0.2, -0.15) is 0 Å². The van der Waals surface area contributed by atoms with Gasteiger partial charge in [0.2, 0.25) is 0 Å². The average molecular weight is 274 g/mol. The molecule has 7 heteroatoms. The van der Waals surface area contributed by atoms with Crippen LogP contribution in [-0.2, 0) is 15.5 Å². The molecular weight excluding hydrogens is 259 g/mol. The Bertz CT molecular complexity index is 480. The summed E-state index contributed by atoms with van der Waals surface area (Å²) in [5.74, 6) is -0.811. The predicted octanol–water partition coefficient (Wildman–Crippen LogP) is 0.985. The second kappa shape index (κ2) is 6.34. The third kappa shape index (κ3) is 3.69. The first-order chi connectivity index (χ1) is 8.45. The molecule has 0 aliphatic heterocycles. The molecule has 0 amide bonds. The van der Waals surface area contributed by atoms with Crippen LogP contribution in [0.3, 0.4) is 0 Å². The summed E-state index contributed by atoms with van der Waals surface area (Å²) in [6.45, 7) is 0.338. The van der Waals surface area contributed by atoms with Crippen LogP contribution in [0.25, 0.3) is 0 Å². The molecule has 0 radical (unpaired) electrons. The number of hydrogen-bond acceptors (Lipinski definition) is 5. The van der Waals surface area contributed by atoms with Gasteiger partial charge in [0.25, 0.3) is 0 Å². The van der Waals surface area contributed by atoms with E-state index in [0.717, 1.165) is 6.07 Å². The van der Waals surface area contributed by atoms with Crippen LogP contribution in [0.5, 0.6) is 0 Å². The number of ether oxygens (including phenoxy) is 1. The number of nitrogens with one attached hydrogen (secondary N) is 1. The molecule has 0 heterocycles. The first-order valence-electron chi connectivity index (χ1n) is 5.17. The molecule has 1 unspecified atom stereocenters. The van der Waals surface area contributed by atoms with Gasteiger partial charge < -0.3 is 15.8 Å². The predicted molar refractivity (Wildman–Crippen MR) is 69.6 cm³/mol. The fourth-order valence-corrected chi connectivity index (χ4v) is 1.73. The number of carbonyl (C=O) groups excluding carboxylic acids is 1. The first kappa shape index (κ1) is 14.4. The number of halogens is 1. The molecule has 0 fully saturated rings. The lowest BCUT2D eigenvalue weighted by Crippen LogP contribution is -2.13. The number of nitrogens with two attached hydrogens (primary N) is 1. The third-order valence-corrected chi connectivity index (χ3v) is 3.03. The van der Waals surface area contributed by atoms with E-state index in [4.69, 9.17) is 5.73 Å². The second-order valence-corrected chi connectivity index (χ2v) is 5.17. The lowest BCUT2D eigenvalue weighted by molar-refractivity contribution is 0.0602. The standard InChI is InChI=1S/C11H15FN2O3S/c1-17-11(15)7-5-10(8(12)6-9(7)13)14-3-4-18(2)16/h5-6,14H,3-4,13H2,1-2H3. The zero-order chi connectivity index (χ0) is 13.7. The van der Waals surface area contributed by atoms with Crippen molar-refractivity contribution in [2.45, 2.75) is 0 Å². The maximum atomic E-state index is 13.6. The van der Waals surface area contributed by atoms with Crippen molar-refractivity contribution >= 4 is 28.1 Å². The lowest BCUT2D eigenvalue weighted by atomic mass is 10.1. The van der Waals surface area contributed by atoms with Crippen molar-refractivity contribution in [2.24, 2.45) is 0 Å². The average Bonchev–Trinajstić information content (AvgIpc) is 2.30. The van der Waals surface area contributed by atoms with Gasteiger partial charge in [-0.05, 0) is 12.1 Å². The summed E-state index contributed by atoms with van der Waals surface area (Å²) in [6, 6.07) is 2.34. The molecule has 0 saturated heterocycles. The largest absolute Gasteiger partial charge is 0.465 e. The molecule has 1 rings (SSSR count). The number of rotatable bonds is 5. The van der Waals surface area contributed by atoms with Crippen molar-refractivity contribution < 1.29 is 18.1 Å². The molecule has 1 aromatic carbocycles. The van der Waals surface area contributed by atoms with Gasteiger partial charge in [0.1, 0.15) is 5.82 Å². The Kier molecular flexibility index (Phi) is 5.08. The van der Waals surface area contributed by atoms with Crippen LogP contribution in [0.2, 0.25) is 0 Å². The summed E-state index contributed by atoms with van der Waals surface area (Å²) in [7, 11) is 0.253. The molecular formula is C11H15FN2O3S. The molecule has 0 aromatic heterocycles. The molecule has 0 aliphatic rings. The Morgan fingerprint density at radius 2 is 2.22 bits per heavy atom. The van der Waals surface area contributed by atoms with E-state index in [0.29, 0.717) is 12.3 Å². The van der Waals surface area contributed by atoms with Crippen molar-refractivity contribution in [1.29, 1.82) is 0 Å². The Balaban J connectivity index is 2.91. The van der Waals surface area contributed by atoms with Crippen LogP contribution in [0.15, 0.2) is 12.1 Å². The summed E-state index contributed by atoms with van der Waals surface area (Å²) >= 11 is 0. The first-order valence-corrected chi connectivity index (χ1v) is 6.89. The molecule has 0 bridgehead atoms. The number of nitrogen functional groups attached to an aromatic ring is 1. The van der Waals surface area contributed by atoms with Crippen LogP contribution in [0.4, 0.5) is 15.8 Å². The smallest absolute Gasteiger partial charge is 0.340 e. The SMILES string of the molecule is COC(=O)c1cc(NCCS(C)=O)c(F)cc1N. The fraction of sp³-hybridized carbons (Fsp3) is 0.364. The van der Waals surface area contributed by atoms with E-state index >= 15 is 0 Å². The van der Waals surface area contributed by atoms with E-state index in [-0.39, 0.29) is 16.9 Å². The molecule has 1 aromatic rings. The number of anilines is 2. The molecule has 18 heavy (non-hydrogen) atoms. The molecule has 0 spiro atoms. The number of esters is 1. The van der Waals surface area contributed by atoms with Gasteiger partial charge in [-0.3, -0.25) is 4.21 Å². The highest BCUT2D eigenvalue weighted by Gasteiger charge is 2.14. The van der Waals surface area contributed by atoms with E-state index in [2.05, 4.69) is 10.1 Å². The van der Waals surface area contributed by atoms with Crippen LogP contribution in [-0.4, -0.2) is 35.8 Å². The van der Waals surface area contributed by atoms with E-state index in [1.165, 1.54) is 13.2 Å². The van der Waals surface area contributed by atoms with Gasteiger partial charge in [-0.25, -0.2) is 9.18 Å². The quantitative estimate of drug-likeness (QED) is 0.618. The highest BCUT2D eigenvalue weighted by atomic mass is 32.2. The zero-order valence-electron chi connectivity index (χ0n) is 10.2. The molecule has 5 nitrogen and oxygen atoms in total. The van der Waals surface area contributed by atoms with Gasteiger partial charge in [0, 0.05) is 35.0 Å². The van der Waals surface area contributed by atoms with Gasteiger partial charge >= 0.3 is 5.97 Å². The number of benzene rings is 1. The van der Waals surface area contributed by atoms with E-state index in [1.54, 1.807) is 6.26 Å². The Hall–Kier alpha value is -1.63. The van der Waals surface area contributed by atoms with Crippen molar-refractivity contribution in [3.8, 4) is 0 Å². The van der Waals surface area contributed by atoms with Crippen LogP contribution < -0.4 is 11.1 Å². The maximum absolute atomic E-state index is 13.6. The van der Waals surface area contributed by atoms with Crippen LogP contribution in [0.1, 0.15) is 10.4 Å². The summed E-state index contributed by atoms with van der Waals surface area (Å²) < 4.78 is 29.0. The van der Waals surface area contributed by atoms with Gasteiger partial charge in [-0.15, -0.1) is 0 Å². The van der Waals surface area contributed by atoms with Gasteiger partial charge in [0.05, 0.1) is 18.4 Å². The van der Waals surface area contributed by atoms with Crippen LogP contribution >= 0.6 is 0 Å². The summed E-state index contributed by atoms with van der Waals surface area (Å²) in [6.07, 6.45) is 1.56. The Labute approximate surface area is 107 Å². The lowest BCUT2D eigenvalue weighted by Gasteiger charge is -2.10. The fourth-order valence-electron chi connectivity index (χ4n) is 1.34. The third-order valence-electron chi connectivity index (χ3n) is 2.25. The number of hydrogen-bond donors (Lipinski definition) is 2. The van der Waals surface area contributed by atoms with Gasteiger partial charge in [-0.1, -0.05) is 0 Å². The minimum absolute atomic E-state index is 0.0176. The summed E-state index contributed by atoms with van der Waals surface area (Å²) in [5.41, 5.74) is 5.77. The van der Waals surface area contributed by atoms with Crippen molar-refractivity contribution in [3.05, 3.63) is 23.5 Å². The Morgan fingerprint density at radius 1 is 1.56 bits per heavy atom. The van der Waals surface area contributed by atoms with Crippen molar-refractivity contribution in [2.75, 3.05) is 36.7 Å². The van der Waals surface area contributed by atoms with Crippen molar-refractivity contribution in [1.82, 2.24) is 0 Å². The molecule has 0 aliphatic carbocycles. The van der Waals surface area contributed by atoms with Crippen LogP contribution in [0, 0.1) is 5.82 Å². The van der Waals surface area contributed by atoms with E-state index < -0.39 is 22.6 Å². The highest BCUT2D eigenvalue weighted by molar-refractivity contribution is 7.84. The Morgan fingerprint density at radius 3 is 2.78 bits per heavy atom. The van der Waals surface area contributed by atoms with Crippen molar-refractivity contribution in [3.63, 3.8) is 0 Å².